The van der Waals surface area contributed by atoms with Gasteiger partial charge in [-0.15, -0.1) is 0 Å². The lowest BCUT2D eigenvalue weighted by atomic mass is 9.90. The summed E-state index contributed by atoms with van der Waals surface area (Å²) in [5, 5.41) is 0. The molecular weight excluding hydrogens is 168 g/mol. The topological polar surface area (TPSA) is 0 Å². The zero-order valence-corrected chi connectivity index (χ0v) is 10.2. The van der Waals surface area contributed by atoms with E-state index in [0.717, 1.165) is 0 Å². The van der Waals surface area contributed by atoms with E-state index in [1.807, 2.05) is 0 Å². The highest BCUT2D eigenvalue weighted by molar-refractivity contribution is 5.07. The Morgan fingerprint density at radius 1 is 0.786 bits per heavy atom. The van der Waals surface area contributed by atoms with Gasteiger partial charge in [0.2, 0.25) is 0 Å². The first-order valence-corrected chi connectivity index (χ1v) is 6.28. The monoisotopic (exact) mass is 194 g/mol. The van der Waals surface area contributed by atoms with Crippen molar-refractivity contribution in [3.63, 3.8) is 0 Å². The van der Waals surface area contributed by atoms with Crippen LogP contribution in [0, 0.1) is 5.41 Å². The first-order chi connectivity index (χ1) is 6.58. The van der Waals surface area contributed by atoms with Gasteiger partial charge in [-0.05, 0) is 31.1 Å². The van der Waals surface area contributed by atoms with E-state index in [4.69, 9.17) is 0 Å². The van der Waals surface area contributed by atoms with Crippen LogP contribution in [0.25, 0.3) is 0 Å². The Bertz CT molecular complexity index is 169. The highest BCUT2D eigenvalue weighted by Crippen LogP contribution is 2.26. The Hall–Kier alpha value is -0.260. The van der Waals surface area contributed by atoms with Crippen molar-refractivity contribution in [2.75, 3.05) is 0 Å². The molecule has 1 saturated carbocycles. The molecule has 0 heteroatoms. The highest BCUT2D eigenvalue weighted by atomic mass is 14.1. The summed E-state index contributed by atoms with van der Waals surface area (Å²) in [6, 6.07) is 0. The minimum Gasteiger partial charge on any atom is -0.0799 e. The quantitative estimate of drug-likeness (QED) is 0.471. The van der Waals surface area contributed by atoms with Gasteiger partial charge < -0.3 is 0 Å². The predicted octanol–water partition coefficient (Wildman–Crippen LogP) is 5.09. The van der Waals surface area contributed by atoms with Crippen LogP contribution in [0.2, 0.25) is 0 Å². The third-order valence-electron chi connectivity index (χ3n) is 2.88. The van der Waals surface area contributed by atoms with Crippen molar-refractivity contribution in [2.24, 2.45) is 5.41 Å². The third-order valence-corrected chi connectivity index (χ3v) is 2.88. The van der Waals surface area contributed by atoms with E-state index in [-0.39, 0.29) is 0 Å². The predicted molar refractivity (Wildman–Crippen MR) is 64.5 cm³/mol. The molecule has 0 spiro atoms. The fourth-order valence-corrected chi connectivity index (χ4v) is 2.29. The molecule has 0 N–H and O–H groups in total. The Morgan fingerprint density at radius 2 is 1.21 bits per heavy atom. The molecule has 82 valence electrons. The average molecular weight is 194 g/mol. The minimum absolute atomic E-state index is 0.378. The van der Waals surface area contributed by atoms with Gasteiger partial charge in [0.1, 0.15) is 0 Å². The normalized spacial score (nSPS) is 20.9. The second-order valence-corrected chi connectivity index (χ2v) is 5.79. The second-order valence-electron chi connectivity index (χ2n) is 5.79. The largest absolute Gasteiger partial charge is 0.0799 e. The Balaban J connectivity index is 2.51. The van der Waals surface area contributed by atoms with Crippen LogP contribution < -0.4 is 0 Å². The van der Waals surface area contributed by atoms with Gasteiger partial charge in [-0.1, -0.05) is 58.1 Å². The lowest BCUT2D eigenvalue weighted by Crippen LogP contribution is -2.01. The lowest BCUT2D eigenvalue weighted by molar-refractivity contribution is 0.532. The molecule has 0 amide bonds. The van der Waals surface area contributed by atoms with Crippen LogP contribution in [0.5, 0.6) is 0 Å². The van der Waals surface area contributed by atoms with Crippen molar-refractivity contribution in [3.05, 3.63) is 11.6 Å². The number of hydrogen-bond acceptors (Lipinski definition) is 0. The molecule has 0 unspecified atom stereocenters. The summed E-state index contributed by atoms with van der Waals surface area (Å²) < 4.78 is 0. The molecular formula is C14H26. The summed E-state index contributed by atoms with van der Waals surface area (Å²) in [7, 11) is 0. The average Bonchev–Trinajstić information content (AvgIpc) is 2.15. The molecule has 0 atom stereocenters. The summed E-state index contributed by atoms with van der Waals surface area (Å²) in [4.78, 5) is 0. The van der Waals surface area contributed by atoms with Crippen LogP contribution >= 0.6 is 0 Å². The third kappa shape index (κ3) is 5.47. The Kier molecular flexibility index (Phi) is 4.71. The molecule has 14 heavy (non-hydrogen) atoms. The van der Waals surface area contributed by atoms with Crippen LogP contribution in [-0.2, 0) is 0 Å². The van der Waals surface area contributed by atoms with Gasteiger partial charge in [-0.25, -0.2) is 0 Å². The smallest absolute Gasteiger partial charge is 0.0200 e. The zero-order chi connectivity index (χ0) is 10.4. The van der Waals surface area contributed by atoms with Crippen molar-refractivity contribution in [1.29, 1.82) is 0 Å². The van der Waals surface area contributed by atoms with Crippen molar-refractivity contribution in [2.45, 2.75) is 72.1 Å². The van der Waals surface area contributed by atoms with Crippen LogP contribution in [0.15, 0.2) is 11.6 Å². The van der Waals surface area contributed by atoms with Crippen LogP contribution in [0.1, 0.15) is 72.1 Å². The van der Waals surface area contributed by atoms with E-state index in [9.17, 15) is 0 Å². The lowest BCUT2D eigenvalue weighted by Gasteiger charge is -2.16. The maximum atomic E-state index is 2.51. The molecule has 0 aliphatic heterocycles. The molecule has 0 heterocycles. The minimum atomic E-state index is 0.378. The van der Waals surface area contributed by atoms with E-state index in [2.05, 4.69) is 26.8 Å². The SMILES string of the molecule is CC(C)(C)C=C1CCCCCCCC1. The first kappa shape index (κ1) is 11.8. The van der Waals surface area contributed by atoms with Gasteiger partial charge in [0.05, 0.1) is 0 Å². The van der Waals surface area contributed by atoms with Gasteiger partial charge in [-0.2, -0.15) is 0 Å². The zero-order valence-electron chi connectivity index (χ0n) is 10.2. The van der Waals surface area contributed by atoms with Gasteiger partial charge in [-0.3, -0.25) is 0 Å². The van der Waals surface area contributed by atoms with Gasteiger partial charge in [0.15, 0.2) is 0 Å². The summed E-state index contributed by atoms with van der Waals surface area (Å²) in [5.41, 5.74) is 2.10. The van der Waals surface area contributed by atoms with E-state index >= 15 is 0 Å². The Labute approximate surface area is 89.8 Å². The molecule has 0 nitrogen and oxygen atoms in total. The van der Waals surface area contributed by atoms with Crippen molar-refractivity contribution >= 4 is 0 Å². The summed E-state index contributed by atoms with van der Waals surface area (Å²) in [5.74, 6) is 0. The van der Waals surface area contributed by atoms with E-state index in [1.54, 1.807) is 5.57 Å². The number of allylic oxidation sites excluding steroid dienone is 2. The fourth-order valence-electron chi connectivity index (χ4n) is 2.29. The molecule has 1 rings (SSSR count). The van der Waals surface area contributed by atoms with Crippen molar-refractivity contribution in [1.82, 2.24) is 0 Å². The first-order valence-electron chi connectivity index (χ1n) is 6.28. The highest BCUT2D eigenvalue weighted by Gasteiger charge is 2.09. The van der Waals surface area contributed by atoms with Crippen LogP contribution in [-0.4, -0.2) is 0 Å². The molecule has 0 aromatic heterocycles. The summed E-state index contributed by atoms with van der Waals surface area (Å²) in [6.07, 6.45) is 13.9. The summed E-state index contributed by atoms with van der Waals surface area (Å²) >= 11 is 0. The van der Waals surface area contributed by atoms with Crippen LogP contribution in [0.4, 0.5) is 0 Å². The number of hydrogen-bond donors (Lipinski definition) is 0. The fraction of sp³-hybridized carbons (Fsp3) is 0.857. The maximum Gasteiger partial charge on any atom is -0.0200 e. The molecule has 0 aromatic rings. The van der Waals surface area contributed by atoms with Gasteiger partial charge >= 0.3 is 0 Å². The van der Waals surface area contributed by atoms with Gasteiger partial charge in [0, 0.05) is 0 Å². The van der Waals surface area contributed by atoms with E-state index < -0.39 is 0 Å². The van der Waals surface area contributed by atoms with Crippen LogP contribution in [0.3, 0.4) is 0 Å². The Morgan fingerprint density at radius 3 is 1.64 bits per heavy atom. The molecule has 0 bridgehead atoms. The maximum absolute atomic E-state index is 2.51. The molecule has 1 aliphatic carbocycles. The number of rotatable bonds is 0. The van der Waals surface area contributed by atoms with Crippen molar-refractivity contribution in [3.8, 4) is 0 Å². The van der Waals surface area contributed by atoms with Gasteiger partial charge in [0.25, 0.3) is 0 Å². The molecule has 0 aromatic carbocycles. The molecule has 1 aliphatic rings. The molecule has 0 saturated heterocycles. The van der Waals surface area contributed by atoms with E-state index in [0.29, 0.717) is 5.41 Å². The second kappa shape index (κ2) is 5.58. The molecule has 0 radical (unpaired) electrons. The molecule has 1 fully saturated rings. The van der Waals surface area contributed by atoms with E-state index in [1.165, 1.54) is 51.4 Å². The summed E-state index contributed by atoms with van der Waals surface area (Å²) in [6.45, 7) is 6.94. The standard InChI is InChI=1S/C14H26/c1-14(2,3)12-13-10-8-6-4-5-7-9-11-13/h12H,4-11H2,1-3H3. The van der Waals surface area contributed by atoms with Crippen molar-refractivity contribution < 1.29 is 0 Å².